The highest BCUT2D eigenvalue weighted by atomic mass is 32.2. The van der Waals surface area contributed by atoms with Crippen LogP contribution in [0, 0.1) is 0 Å². The van der Waals surface area contributed by atoms with E-state index in [9.17, 15) is 9.59 Å². The van der Waals surface area contributed by atoms with Gasteiger partial charge in [0, 0.05) is 13.5 Å². The van der Waals surface area contributed by atoms with Gasteiger partial charge in [0.1, 0.15) is 10.8 Å². The molecule has 1 aromatic heterocycles. The number of amides is 2. The third-order valence-corrected chi connectivity index (χ3v) is 4.12. The maximum absolute atomic E-state index is 11.9. The monoisotopic (exact) mass is 360 g/mol. The van der Waals surface area contributed by atoms with Gasteiger partial charge in [0.05, 0.1) is 12.9 Å². The lowest BCUT2D eigenvalue weighted by Gasteiger charge is -2.09. The molecule has 0 aliphatic rings. The van der Waals surface area contributed by atoms with E-state index in [4.69, 9.17) is 4.74 Å². The molecule has 1 aromatic carbocycles. The lowest BCUT2D eigenvalue weighted by molar-refractivity contribution is -0.118. The van der Waals surface area contributed by atoms with Gasteiger partial charge in [-0.25, -0.2) is 0 Å². The molecule has 132 valence electrons. The zero-order valence-electron chi connectivity index (χ0n) is 14.1. The van der Waals surface area contributed by atoms with E-state index in [2.05, 4.69) is 20.8 Å². The van der Waals surface area contributed by atoms with Gasteiger partial charge < -0.3 is 15.4 Å². The Hall–Kier alpha value is -2.61. The van der Waals surface area contributed by atoms with E-state index in [0.29, 0.717) is 23.8 Å². The molecule has 2 N–H and O–H groups in total. The van der Waals surface area contributed by atoms with Crippen molar-refractivity contribution in [3.8, 4) is 5.75 Å². The highest BCUT2D eigenvalue weighted by Gasteiger charge is 2.06. The summed E-state index contributed by atoms with van der Waals surface area (Å²) in [5.74, 6) is 1.18. The highest BCUT2D eigenvalue weighted by Crippen LogP contribution is 2.17. The second-order valence-electron chi connectivity index (χ2n) is 5.14. The number of carbonyl (C=O) groups is 2. The molecule has 7 nitrogen and oxygen atoms in total. The molecule has 0 saturated carbocycles. The standard InChI is InChI=1S/C17H20N4O3S/c1-12(22)19-15-7-8-17(21-20-15)25-11-16(23)18-10-9-13-5-3-4-6-14(13)24-2/h3-8H,9-11H2,1-2H3,(H,18,23)(H,19,20,22). The molecule has 0 aliphatic heterocycles. The summed E-state index contributed by atoms with van der Waals surface area (Å²) >= 11 is 1.29. The molecule has 2 aromatic rings. The van der Waals surface area contributed by atoms with Crippen molar-refractivity contribution in [3.63, 3.8) is 0 Å². The van der Waals surface area contributed by atoms with E-state index in [0.717, 1.165) is 11.3 Å². The molecule has 0 spiro atoms. The summed E-state index contributed by atoms with van der Waals surface area (Å²) in [6.45, 7) is 1.94. The minimum absolute atomic E-state index is 0.0763. The predicted octanol–water partition coefficient (Wildman–Crippen LogP) is 1.89. The van der Waals surface area contributed by atoms with Gasteiger partial charge in [-0.2, -0.15) is 0 Å². The minimum Gasteiger partial charge on any atom is -0.496 e. The first-order valence-corrected chi connectivity index (χ1v) is 8.69. The molecule has 0 atom stereocenters. The van der Waals surface area contributed by atoms with Crippen LogP contribution in [0.25, 0.3) is 0 Å². The Kier molecular flexibility index (Phi) is 7.21. The van der Waals surface area contributed by atoms with Crippen LogP contribution >= 0.6 is 11.8 Å². The van der Waals surface area contributed by atoms with E-state index in [1.54, 1.807) is 19.2 Å². The summed E-state index contributed by atoms with van der Waals surface area (Å²) in [4.78, 5) is 22.8. The van der Waals surface area contributed by atoms with E-state index in [1.807, 2.05) is 24.3 Å². The number of thioether (sulfide) groups is 1. The van der Waals surface area contributed by atoms with Crippen LogP contribution in [0.3, 0.4) is 0 Å². The summed E-state index contributed by atoms with van der Waals surface area (Å²) in [6, 6.07) is 11.1. The molecule has 0 saturated heterocycles. The number of para-hydroxylation sites is 1. The molecule has 0 bridgehead atoms. The highest BCUT2D eigenvalue weighted by molar-refractivity contribution is 7.99. The van der Waals surface area contributed by atoms with Crippen LogP contribution in [0.5, 0.6) is 5.75 Å². The first-order chi connectivity index (χ1) is 12.1. The van der Waals surface area contributed by atoms with Crippen molar-refractivity contribution >= 4 is 29.4 Å². The molecule has 2 amide bonds. The normalized spacial score (nSPS) is 10.2. The first-order valence-electron chi connectivity index (χ1n) is 7.71. The number of aromatic nitrogens is 2. The predicted molar refractivity (Wildman–Crippen MR) is 96.8 cm³/mol. The number of methoxy groups -OCH3 is 1. The summed E-state index contributed by atoms with van der Waals surface area (Å²) in [5.41, 5.74) is 1.05. The van der Waals surface area contributed by atoms with Crippen LogP contribution in [0.1, 0.15) is 12.5 Å². The van der Waals surface area contributed by atoms with Gasteiger partial charge in [-0.1, -0.05) is 30.0 Å². The van der Waals surface area contributed by atoms with Crippen molar-refractivity contribution in [2.75, 3.05) is 24.7 Å². The SMILES string of the molecule is COc1ccccc1CCNC(=O)CSc1ccc(NC(C)=O)nn1. The van der Waals surface area contributed by atoms with Crippen molar-refractivity contribution in [2.45, 2.75) is 18.4 Å². The summed E-state index contributed by atoms with van der Waals surface area (Å²) < 4.78 is 5.28. The quantitative estimate of drug-likeness (QED) is 0.699. The van der Waals surface area contributed by atoms with Gasteiger partial charge >= 0.3 is 0 Å². The Morgan fingerprint density at radius 1 is 1.16 bits per heavy atom. The fraction of sp³-hybridized carbons (Fsp3) is 0.294. The molecule has 8 heteroatoms. The molecule has 25 heavy (non-hydrogen) atoms. The number of rotatable bonds is 8. The van der Waals surface area contributed by atoms with Crippen molar-refractivity contribution in [1.29, 1.82) is 0 Å². The molecule has 2 rings (SSSR count). The van der Waals surface area contributed by atoms with E-state index in [-0.39, 0.29) is 17.6 Å². The van der Waals surface area contributed by atoms with E-state index >= 15 is 0 Å². The molecule has 0 fully saturated rings. The van der Waals surface area contributed by atoms with Crippen LogP contribution in [0.4, 0.5) is 5.82 Å². The topological polar surface area (TPSA) is 93.2 Å². The molecule has 0 radical (unpaired) electrons. The van der Waals surface area contributed by atoms with E-state index in [1.165, 1.54) is 18.7 Å². The molecule has 1 heterocycles. The Morgan fingerprint density at radius 2 is 1.96 bits per heavy atom. The van der Waals surface area contributed by atoms with Gasteiger partial charge in [-0.15, -0.1) is 10.2 Å². The number of carbonyl (C=O) groups excluding carboxylic acids is 2. The number of hydrogen-bond donors (Lipinski definition) is 2. The number of nitrogens with zero attached hydrogens (tertiary/aromatic N) is 2. The zero-order valence-corrected chi connectivity index (χ0v) is 14.9. The molecular weight excluding hydrogens is 340 g/mol. The summed E-state index contributed by atoms with van der Waals surface area (Å²) in [7, 11) is 1.63. The van der Waals surface area contributed by atoms with Crippen LogP contribution in [0.15, 0.2) is 41.4 Å². The second kappa shape index (κ2) is 9.63. The average molecular weight is 360 g/mol. The summed E-state index contributed by atoms with van der Waals surface area (Å²) in [5, 5.41) is 13.9. The Balaban J connectivity index is 1.72. The van der Waals surface area contributed by atoms with E-state index < -0.39 is 0 Å². The number of ether oxygens (including phenoxy) is 1. The third-order valence-electron chi connectivity index (χ3n) is 3.20. The first kappa shape index (κ1) is 18.7. The Bertz CT molecular complexity index is 722. The van der Waals surface area contributed by atoms with Crippen molar-refractivity contribution < 1.29 is 14.3 Å². The van der Waals surface area contributed by atoms with Gasteiger partial charge in [0.25, 0.3) is 0 Å². The van der Waals surface area contributed by atoms with Gasteiger partial charge in [-0.3, -0.25) is 9.59 Å². The fourth-order valence-corrected chi connectivity index (χ4v) is 2.72. The molecular formula is C17H20N4O3S. The van der Waals surface area contributed by atoms with Gasteiger partial charge in [0.2, 0.25) is 11.8 Å². The second-order valence-corrected chi connectivity index (χ2v) is 6.13. The lowest BCUT2D eigenvalue weighted by atomic mass is 10.1. The lowest BCUT2D eigenvalue weighted by Crippen LogP contribution is -2.27. The Labute approximate surface area is 150 Å². The average Bonchev–Trinajstić information content (AvgIpc) is 2.61. The van der Waals surface area contributed by atoms with Crippen LogP contribution in [0.2, 0.25) is 0 Å². The smallest absolute Gasteiger partial charge is 0.230 e. The van der Waals surface area contributed by atoms with Crippen molar-refractivity contribution in [3.05, 3.63) is 42.0 Å². The van der Waals surface area contributed by atoms with Crippen LogP contribution in [-0.2, 0) is 16.0 Å². The van der Waals surface area contributed by atoms with Crippen molar-refractivity contribution in [2.24, 2.45) is 0 Å². The number of anilines is 1. The third kappa shape index (κ3) is 6.42. The van der Waals surface area contributed by atoms with Crippen molar-refractivity contribution in [1.82, 2.24) is 15.5 Å². The van der Waals surface area contributed by atoms with Crippen LogP contribution in [-0.4, -0.2) is 41.4 Å². The largest absolute Gasteiger partial charge is 0.496 e. The van der Waals surface area contributed by atoms with Gasteiger partial charge in [0.15, 0.2) is 5.82 Å². The number of nitrogens with one attached hydrogen (secondary N) is 2. The van der Waals surface area contributed by atoms with Crippen LogP contribution < -0.4 is 15.4 Å². The Morgan fingerprint density at radius 3 is 2.64 bits per heavy atom. The maximum atomic E-state index is 11.9. The van der Waals surface area contributed by atoms with Gasteiger partial charge in [-0.05, 0) is 30.2 Å². The summed E-state index contributed by atoms with van der Waals surface area (Å²) in [6.07, 6.45) is 0.700. The zero-order chi connectivity index (χ0) is 18.1. The number of hydrogen-bond acceptors (Lipinski definition) is 6. The maximum Gasteiger partial charge on any atom is 0.230 e. The molecule has 0 aliphatic carbocycles. The number of benzene rings is 1. The minimum atomic E-state index is -0.205. The fourth-order valence-electron chi connectivity index (χ4n) is 2.08. The molecule has 0 unspecified atom stereocenters.